The lowest BCUT2D eigenvalue weighted by Gasteiger charge is -2.17. The minimum absolute atomic E-state index is 0.0360. The number of nitrogens with two attached hydrogens (primary N) is 1. The molecule has 7 rings (SSSR count). The van der Waals surface area contributed by atoms with Gasteiger partial charge in [0, 0.05) is 58.6 Å². The summed E-state index contributed by atoms with van der Waals surface area (Å²) in [5.41, 5.74) is 14.4. The van der Waals surface area contributed by atoms with Crippen LogP contribution in [-0.4, -0.2) is 56.5 Å². The van der Waals surface area contributed by atoms with Crippen LogP contribution in [0.25, 0.3) is 16.8 Å². The van der Waals surface area contributed by atoms with E-state index in [1.165, 1.54) is 11.3 Å². The molecule has 4 aromatic heterocycles. The lowest BCUT2D eigenvalue weighted by molar-refractivity contribution is -0.117. The number of hydrogen-bond acceptors (Lipinski definition) is 9. The van der Waals surface area contributed by atoms with Gasteiger partial charge in [0.1, 0.15) is 5.71 Å². The number of thiophene rings is 1. The van der Waals surface area contributed by atoms with Gasteiger partial charge in [-0.3, -0.25) is 24.5 Å². The molecule has 45 heavy (non-hydrogen) atoms. The zero-order valence-electron chi connectivity index (χ0n) is 25.6. The molecule has 0 saturated carbocycles. The van der Waals surface area contributed by atoms with Gasteiger partial charge < -0.3 is 20.9 Å². The number of allylic oxidation sites excluding steroid dienone is 3. The largest absolute Gasteiger partial charge is 0.402 e. The first-order valence-electron chi connectivity index (χ1n) is 15.0. The van der Waals surface area contributed by atoms with Crippen LogP contribution in [0.1, 0.15) is 71.4 Å². The number of nitrogens with zero attached hydrogens (tertiary/aromatic N) is 5. The van der Waals surface area contributed by atoms with Gasteiger partial charge in [-0.05, 0) is 48.8 Å². The van der Waals surface area contributed by atoms with Crippen LogP contribution >= 0.6 is 11.3 Å². The highest BCUT2D eigenvalue weighted by Crippen LogP contribution is 2.38. The van der Waals surface area contributed by atoms with Gasteiger partial charge in [0.2, 0.25) is 5.91 Å². The summed E-state index contributed by atoms with van der Waals surface area (Å²) in [6.45, 7) is 9.26. The number of nitrogens with one attached hydrogen (secondary N) is 2. The van der Waals surface area contributed by atoms with Gasteiger partial charge in [0.25, 0.3) is 0 Å². The molecule has 10 nitrogen and oxygen atoms in total. The number of hydrogen-bond donors (Lipinski definition) is 3. The van der Waals surface area contributed by atoms with Crippen molar-refractivity contribution in [3.63, 3.8) is 0 Å². The lowest BCUT2D eigenvalue weighted by atomic mass is 9.92. The summed E-state index contributed by atoms with van der Waals surface area (Å²) in [6.07, 6.45) is 10.1. The first-order chi connectivity index (χ1) is 21.5. The average Bonchev–Trinajstić information content (AvgIpc) is 3.48. The van der Waals surface area contributed by atoms with Crippen LogP contribution in [0.2, 0.25) is 0 Å². The quantitative estimate of drug-likeness (QED) is 0.195. The summed E-state index contributed by atoms with van der Waals surface area (Å²) >= 11 is 1.45. The van der Waals surface area contributed by atoms with Crippen molar-refractivity contribution in [3.8, 4) is 11.3 Å². The Morgan fingerprint density at radius 2 is 2.00 bits per heavy atom. The standard InChI is InChI=1S/C34H34N8O2S/c1-18(43)28-7-8-29(45-28)23-6-5-20(35)10-26-31(23)41-33(40-26)32-24-11-25(37-16-27(24)42-17-22(42)15-38-32)19-9-21(14-36-13-19)39-30(44)12-34(2,3)4/h5-9,11,13-14,16,22H,10,12,15,17,35H2,1-4H3,(H,39,44)(H,40,41). The van der Waals surface area contributed by atoms with E-state index in [1.807, 2.05) is 63.4 Å². The fraction of sp³-hybridized carbons (Fsp3) is 0.294. The zero-order valence-corrected chi connectivity index (χ0v) is 26.5. The van der Waals surface area contributed by atoms with Crippen molar-refractivity contribution in [1.29, 1.82) is 0 Å². The number of pyridine rings is 2. The van der Waals surface area contributed by atoms with Crippen LogP contribution in [0.4, 0.5) is 11.4 Å². The van der Waals surface area contributed by atoms with Gasteiger partial charge in [0.15, 0.2) is 11.6 Å². The number of ketones is 1. The lowest BCUT2D eigenvalue weighted by Crippen LogP contribution is -2.19. The maximum atomic E-state index is 12.6. The summed E-state index contributed by atoms with van der Waals surface area (Å²) in [5, 5.41) is 2.98. The van der Waals surface area contributed by atoms with Crippen LogP contribution in [0.15, 0.2) is 65.7 Å². The molecule has 0 radical (unpaired) electrons. The van der Waals surface area contributed by atoms with E-state index in [-0.39, 0.29) is 17.1 Å². The predicted molar refractivity (Wildman–Crippen MR) is 178 cm³/mol. The molecule has 2 aliphatic heterocycles. The summed E-state index contributed by atoms with van der Waals surface area (Å²) in [4.78, 5) is 51.5. The van der Waals surface area contributed by atoms with Crippen LogP contribution < -0.4 is 16.0 Å². The van der Waals surface area contributed by atoms with Crippen LogP contribution in [0, 0.1) is 5.41 Å². The Balaban J connectivity index is 1.26. The molecule has 1 aliphatic carbocycles. The van der Waals surface area contributed by atoms with Gasteiger partial charge >= 0.3 is 0 Å². The van der Waals surface area contributed by atoms with E-state index >= 15 is 0 Å². The highest BCUT2D eigenvalue weighted by Gasteiger charge is 2.39. The van der Waals surface area contributed by atoms with Gasteiger partial charge in [-0.15, -0.1) is 11.3 Å². The van der Waals surface area contributed by atoms with Crippen molar-refractivity contribution in [2.24, 2.45) is 16.1 Å². The van der Waals surface area contributed by atoms with E-state index in [0.717, 1.165) is 56.6 Å². The maximum Gasteiger partial charge on any atom is 0.224 e. The second-order valence-corrected chi connectivity index (χ2v) is 14.0. The number of carbonyl (C=O) groups is 2. The van der Waals surface area contributed by atoms with Gasteiger partial charge in [-0.2, -0.15) is 0 Å². The topological polar surface area (TPSA) is 142 Å². The molecule has 1 amide bonds. The number of amides is 1. The maximum absolute atomic E-state index is 12.6. The van der Waals surface area contributed by atoms with E-state index in [4.69, 9.17) is 20.7 Å². The molecular weight excluding hydrogens is 584 g/mol. The first-order valence-corrected chi connectivity index (χ1v) is 15.8. The molecule has 11 heteroatoms. The molecule has 0 spiro atoms. The number of aliphatic imine (C=N–C) groups is 1. The number of carbonyl (C=O) groups excluding carboxylic acids is 2. The van der Waals surface area contributed by atoms with E-state index in [2.05, 4.69) is 20.2 Å². The molecule has 1 saturated heterocycles. The van der Waals surface area contributed by atoms with Crippen molar-refractivity contribution < 1.29 is 9.59 Å². The molecule has 6 heterocycles. The Hall–Kier alpha value is -4.90. The van der Waals surface area contributed by atoms with E-state index < -0.39 is 0 Å². The van der Waals surface area contributed by atoms with Crippen LogP contribution in [-0.2, 0) is 11.2 Å². The minimum atomic E-state index is -0.122. The second kappa shape index (κ2) is 10.9. The SMILES string of the molecule is CC(=O)c1ccc(C2=CC=C(N)Cc3[nH]c(C4=NCC5CN5c5cnc(-c6cncc(NC(=O)CC(C)(C)C)c6)cc54)nc32)s1. The number of fused-ring (bicyclic) bond motifs is 4. The first kappa shape index (κ1) is 28.8. The van der Waals surface area contributed by atoms with Crippen molar-refractivity contribution in [1.82, 2.24) is 19.9 Å². The number of imidazole rings is 1. The summed E-state index contributed by atoms with van der Waals surface area (Å²) < 4.78 is 0. The number of aromatic amines is 1. The van der Waals surface area contributed by atoms with E-state index in [0.29, 0.717) is 47.5 Å². The molecule has 3 aliphatic rings. The molecule has 4 aromatic rings. The number of anilines is 2. The third-order valence-corrected chi connectivity index (χ3v) is 9.17. The molecular formula is C34H34N8O2S. The van der Waals surface area contributed by atoms with Crippen molar-refractivity contribution in [2.45, 2.75) is 46.6 Å². The van der Waals surface area contributed by atoms with Gasteiger partial charge in [-0.25, -0.2) is 4.98 Å². The number of Topliss-reactive ketones (excluding diaryl/α,β-unsaturated/α-hetero) is 1. The van der Waals surface area contributed by atoms with Crippen LogP contribution in [0.3, 0.4) is 0 Å². The normalized spacial score (nSPS) is 17.1. The Labute approximate surface area is 265 Å². The van der Waals surface area contributed by atoms with Crippen molar-refractivity contribution >= 4 is 45.7 Å². The fourth-order valence-corrected chi connectivity index (χ4v) is 6.68. The Morgan fingerprint density at radius 1 is 1.16 bits per heavy atom. The molecule has 4 N–H and O–H groups in total. The average molecular weight is 619 g/mol. The Kier molecular flexibility index (Phi) is 7.00. The smallest absolute Gasteiger partial charge is 0.224 e. The number of H-pyrrole nitrogens is 1. The van der Waals surface area contributed by atoms with E-state index in [9.17, 15) is 9.59 Å². The molecule has 228 valence electrons. The van der Waals surface area contributed by atoms with Gasteiger partial charge in [-0.1, -0.05) is 20.8 Å². The number of rotatable bonds is 6. The predicted octanol–water partition coefficient (Wildman–Crippen LogP) is 5.38. The Bertz CT molecular complexity index is 1960. The molecule has 0 bridgehead atoms. The molecule has 0 aromatic carbocycles. The zero-order chi connectivity index (χ0) is 31.5. The monoisotopic (exact) mass is 618 g/mol. The summed E-state index contributed by atoms with van der Waals surface area (Å²) in [6, 6.07) is 8.08. The fourth-order valence-electron chi connectivity index (χ4n) is 5.75. The summed E-state index contributed by atoms with van der Waals surface area (Å²) in [5.74, 6) is 0.639. The van der Waals surface area contributed by atoms with Crippen molar-refractivity contribution in [3.05, 3.63) is 93.2 Å². The third kappa shape index (κ3) is 5.83. The highest BCUT2D eigenvalue weighted by atomic mass is 32.1. The van der Waals surface area contributed by atoms with E-state index in [1.54, 1.807) is 19.3 Å². The minimum Gasteiger partial charge on any atom is -0.402 e. The molecule has 1 atom stereocenters. The Morgan fingerprint density at radius 3 is 2.78 bits per heavy atom. The van der Waals surface area contributed by atoms with Crippen molar-refractivity contribution in [2.75, 3.05) is 23.3 Å². The second-order valence-electron chi connectivity index (χ2n) is 13.0. The molecule has 1 unspecified atom stereocenters. The van der Waals surface area contributed by atoms with Gasteiger partial charge in [0.05, 0.1) is 52.6 Å². The third-order valence-electron chi connectivity index (χ3n) is 7.95. The number of aromatic nitrogens is 4. The highest BCUT2D eigenvalue weighted by molar-refractivity contribution is 7.15. The summed E-state index contributed by atoms with van der Waals surface area (Å²) in [7, 11) is 0. The molecule has 1 fully saturated rings. The van der Waals surface area contributed by atoms with Crippen LogP contribution in [0.5, 0.6) is 0 Å².